The molecule has 0 bridgehead atoms. The van der Waals surface area contributed by atoms with Gasteiger partial charge in [0.1, 0.15) is 11.4 Å². The molecule has 104 valence electrons. The summed E-state index contributed by atoms with van der Waals surface area (Å²) in [6, 6.07) is 5.11. The topological polar surface area (TPSA) is 64.6 Å². The summed E-state index contributed by atoms with van der Waals surface area (Å²) in [5, 5.41) is 2.49. The van der Waals surface area contributed by atoms with Crippen molar-refractivity contribution in [2.24, 2.45) is 0 Å². The summed E-state index contributed by atoms with van der Waals surface area (Å²) in [4.78, 5) is 23.2. The number of benzene rings is 1. The Balaban J connectivity index is 2.72. The van der Waals surface area contributed by atoms with Crippen LogP contribution in [0.25, 0.3) is 0 Å². The second kappa shape index (κ2) is 5.73. The van der Waals surface area contributed by atoms with Gasteiger partial charge < -0.3 is 14.8 Å². The van der Waals surface area contributed by atoms with Gasteiger partial charge in [-0.25, -0.2) is 4.79 Å². The fourth-order valence-corrected chi connectivity index (χ4v) is 1.46. The Labute approximate surface area is 112 Å². The molecule has 0 heterocycles. The van der Waals surface area contributed by atoms with Crippen molar-refractivity contribution < 1.29 is 19.1 Å². The Morgan fingerprint density at radius 2 is 1.84 bits per heavy atom. The first kappa shape index (κ1) is 15.0. The number of rotatable bonds is 2. The first-order chi connectivity index (χ1) is 8.73. The van der Waals surface area contributed by atoms with Gasteiger partial charge in [0.05, 0.1) is 7.11 Å². The van der Waals surface area contributed by atoms with Gasteiger partial charge in [0, 0.05) is 5.69 Å². The van der Waals surface area contributed by atoms with Gasteiger partial charge in [0.25, 0.3) is 0 Å². The summed E-state index contributed by atoms with van der Waals surface area (Å²) in [7, 11) is 1.57. The van der Waals surface area contributed by atoms with Crippen LogP contribution in [0.3, 0.4) is 0 Å². The number of amides is 1. The van der Waals surface area contributed by atoms with Crippen molar-refractivity contribution in [3.63, 3.8) is 0 Å². The molecule has 0 aliphatic carbocycles. The minimum atomic E-state index is -0.902. The van der Waals surface area contributed by atoms with E-state index in [1.165, 1.54) is 0 Å². The van der Waals surface area contributed by atoms with Crippen molar-refractivity contribution in [2.45, 2.75) is 33.3 Å². The highest BCUT2D eigenvalue weighted by atomic mass is 16.6. The zero-order valence-corrected chi connectivity index (χ0v) is 11.9. The van der Waals surface area contributed by atoms with Crippen molar-refractivity contribution in [1.82, 2.24) is 0 Å². The molecule has 0 radical (unpaired) electrons. The molecule has 0 fully saturated rings. The maximum atomic E-state index is 11.6. The number of anilines is 1. The first-order valence-electron chi connectivity index (χ1n) is 5.92. The van der Waals surface area contributed by atoms with Crippen LogP contribution in [0.2, 0.25) is 0 Å². The molecule has 1 aromatic carbocycles. The lowest BCUT2D eigenvalue weighted by molar-refractivity contribution is -0.161. The van der Waals surface area contributed by atoms with E-state index < -0.39 is 17.5 Å². The quantitative estimate of drug-likeness (QED) is 0.658. The number of aryl methyl sites for hydroxylation is 1. The number of nitrogens with one attached hydrogen (secondary N) is 1. The molecule has 0 unspecified atom stereocenters. The summed E-state index contributed by atoms with van der Waals surface area (Å²) < 4.78 is 10.1. The zero-order valence-electron chi connectivity index (χ0n) is 11.9. The molecule has 0 aliphatic rings. The lowest BCUT2D eigenvalue weighted by Gasteiger charge is -2.19. The third kappa shape index (κ3) is 4.62. The zero-order chi connectivity index (χ0) is 14.6. The number of hydrogen-bond acceptors (Lipinski definition) is 4. The molecule has 0 atom stereocenters. The summed E-state index contributed by atoms with van der Waals surface area (Å²) in [6.07, 6.45) is 0. The van der Waals surface area contributed by atoms with Crippen LogP contribution in [0.15, 0.2) is 18.2 Å². The van der Waals surface area contributed by atoms with Crippen LogP contribution in [-0.2, 0) is 14.3 Å². The van der Waals surface area contributed by atoms with Gasteiger partial charge in [-0.3, -0.25) is 4.79 Å². The Morgan fingerprint density at radius 3 is 2.32 bits per heavy atom. The number of esters is 1. The smallest absolute Gasteiger partial charge is 0.397 e. The van der Waals surface area contributed by atoms with Gasteiger partial charge in [0.15, 0.2) is 0 Å². The van der Waals surface area contributed by atoms with Crippen LogP contribution in [-0.4, -0.2) is 24.6 Å². The molecule has 0 saturated carbocycles. The minimum Gasteiger partial charge on any atom is -0.496 e. The van der Waals surface area contributed by atoms with Crippen molar-refractivity contribution in [2.75, 3.05) is 12.4 Å². The van der Waals surface area contributed by atoms with Crippen molar-refractivity contribution in [3.8, 4) is 5.75 Å². The highest BCUT2D eigenvalue weighted by Gasteiger charge is 2.22. The minimum absolute atomic E-state index is 0.522. The second-order valence-electron chi connectivity index (χ2n) is 5.14. The molecule has 0 spiro atoms. The highest BCUT2D eigenvalue weighted by Crippen LogP contribution is 2.21. The van der Waals surface area contributed by atoms with E-state index in [0.29, 0.717) is 5.69 Å². The molecule has 1 rings (SSSR count). The van der Waals surface area contributed by atoms with Gasteiger partial charge in [-0.15, -0.1) is 0 Å². The van der Waals surface area contributed by atoms with Crippen LogP contribution < -0.4 is 10.1 Å². The lowest BCUT2D eigenvalue weighted by Crippen LogP contribution is -2.32. The summed E-state index contributed by atoms with van der Waals surface area (Å²) in [6.45, 7) is 6.96. The largest absolute Gasteiger partial charge is 0.496 e. The molecule has 1 amide bonds. The fourth-order valence-electron chi connectivity index (χ4n) is 1.46. The molecular formula is C14H19NO4. The predicted molar refractivity (Wildman–Crippen MR) is 72.2 cm³/mol. The van der Waals surface area contributed by atoms with Gasteiger partial charge in [-0.05, 0) is 51.5 Å². The molecule has 5 nitrogen and oxygen atoms in total. The van der Waals surface area contributed by atoms with E-state index in [9.17, 15) is 9.59 Å². The van der Waals surface area contributed by atoms with Gasteiger partial charge in [-0.1, -0.05) is 0 Å². The highest BCUT2D eigenvalue weighted by molar-refractivity contribution is 6.37. The molecule has 5 heteroatoms. The molecule has 0 aromatic heterocycles. The summed E-state index contributed by atoms with van der Waals surface area (Å²) in [5.74, 6) is -0.976. The van der Waals surface area contributed by atoms with Gasteiger partial charge in [-0.2, -0.15) is 0 Å². The maximum Gasteiger partial charge on any atom is 0.397 e. The third-order valence-corrected chi connectivity index (χ3v) is 2.24. The lowest BCUT2D eigenvalue weighted by atomic mass is 10.2. The van der Waals surface area contributed by atoms with E-state index in [2.05, 4.69) is 5.32 Å². The molecule has 1 aromatic rings. The standard InChI is InChI=1S/C14H19NO4/c1-9-8-10(6-7-11(9)18-5)15-12(16)13(17)19-14(2,3)4/h6-8H,1-5H3,(H,15,16). The van der Waals surface area contributed by atoms with Crippen LogP contribution >= 0.6 is 0 Å². The number of ether oxygens (including phenoxy) is 2. The van der Waals surface area contributed by atoms with Crippen LogP contribution in [0.4, 0.5) is 5.69 Å². The summed E-state index contributed by atoms with van der Waals surface area (Å²) in [5.41, 5.74) is 0.697. The van der Waals surface area contributed by atoms with Gasteiger partial charge >= 0.3 is 11.9 Å². The number of carbonyl (C=O) groups excluding carboxylic acids is 2. The third-order valence-electron chi connectivity index (χ3n) is 2.24. The SMILES string of the molecule is COc1ccc(NC(=O)C(=O)OC(C)(C)C)cc1C. The molecule has 1 N–H and O–H groups in total. The van der Waals surface area contributed by atoms with Crippen LogP contribution in [0.1, 0.15) is 26.3 Å². The van der Waals surface area contributed by atoms with E-state index in [0.717, 1.165) is 11.3 Å². The Morgan fingerprint density at radius 1 is 1.21 bits per heavy atom. The fraction of sp³-hybridized carbons (Fsp3) is 0.429. The number of carbonyl (C=O) groups is 2. The van der Waals surface area contributed by atoms with Crippen molar-refractivity contribution >= 4 is 17.6 Å². The Bertz CT molecular complexity index is 489. The average molecular weight is 265 g/mol. The van der Waals surface area contributed by atoms with E-state index in [4.69, 9.17) is 9.47 Å². The van der Waals surface area contributed by atoms with E-state index in [-0.39, 0.29) is 0 Å². The summed E-state index contributed by atoms with van der Waals surface area (Å²) >= 11 is 0. The normalized spacial score (nSPS) is 10.8. The monoisotopic (exact) mass is 265 g/mol. The van der Waals surface area contributed by atoms with Crippen LogP contribution in [0.5, 0.6) is 5.75 Å². The second-order valence-corrected chi connectivity index (χ2v) is 5.14. The molecular weight excluding hydrogens is 246 g/mol. The predicted octanol–water partition coefficient (Wildman–Crippen LogP) is 2.28. The number of hydrogen-bond donors (Lipinski definition) is 1. The number of methoxy groups -OCH3 is 1. The molecule has 19 heavy (non-hydrogen) atoms. The van der Waals surface area contributed by atoms with E-state index in [1.54, 1.807) is 46.1 Å². The average Bonchev–Trinajstić information content (AvgIpc) is 2.27. The van der Waals surface area contributed by atoms with E-state index in [1.807, 2.05) is 6.92 Å². The van der Waals surface area contributed by atoms with Crippen molar-refractivity contribution in [1.29, 1.82) is 0 Å². The molecule has 0 aliphatic heterocycles. The maximum absolute atomic E-state index is 11.6. The van der Waals surface area contributed by atoms with Crippen molar-refractivity contribution in [3.05, 3.63) is 23.8 Å². The van der Waals surface area contributed by atoms with Gasteiger partial charge in [0.2, 0.25) is 0 Å². The van der Waals surface area contributed by atoms with E-state index >= 15 is 0 Å². The van der Waals surface area contributed by atoms with Crippen LogP contribution in [0, 0.1) is 6.92 Å². The Hall–Kier alpha value is -2.04. The first-order valence-corrected chi connectivity index (χ1v) is 5.92. The molecule has 0 saturated heterocycles. The Kier molecular flexibility index (Phi) is 4.53.